The van der Waals surface area contributed by atoms with E-state index >= 15 is 0 Å². The van der Waals surface area contributed by atoms with Crippen molar-refractivity contribution in [3.8, 4) is 5.69 Å². The Hall–Kier alpha value is -1.91. The van der Waals surface area contributed by atoms with E-state index in [1.807, 2.05) is 12.1 Å². The van der Waals surface area contributed by atoms with E-state index in [1.165, 1.54) is 6.33 Å². The van der Waals surface area contributed by atoms with E-state index in [0.717, 1.165) is 5.69 Å². The number of allylic oxidation sites excluding steroid dienone is 4. The lowest BCUT2D eigenvalue weighted by Crippen LogP contribution is -2.17. The number of ketones is 1. The van der Waals surface area contributed by atoms with Crippen LogP contribution in [0.1, 0.15) is 16.8 Å². The van der Waals surface area contributed by atoms with E-state index in [1.54, 1.807) is 35.3 Å². The molecule has 0 radical (unpaired) electrons. The first-order chi connectivity index (χ1) is 10.1. The van der Waals surface area contributed by atoms with Gasteiger partial charge in [-0.05, 0) is 42.8 Å². The molecule has 0 aliphatic heterocycles. The van der Waals surface area contributed by atoms with Crippen molar-refractivity contribution in [1.29, 1.82) is 0 Å². The number of carbonyl (C=O) groups is 1. The van der Waals surface area contributed by atoms with Crippen molar-refractivity contribution in [2.75, 3.05) is 0 Å². The van der Waals surface area contributed by atoms with Gasteiger partial charge in [0.25, 0.3) is 0 Å². The number of nitrogens with zero attached hydrogens (tertiary/aromatic N) is 3. The maximum absolute atomic E-state index is 12.5. The van der Waals surface area contributed by atoms with Crippen LogP contribution in [0.4, 0.5) is 0 Å². The summed E-state index contributed by atoms with van der Waals surface area (Å²) in [5.41, 5.74) is 1.44. The molecule has 0 saturated carbocycles. The number of benzene rings is 1. The Morgan fingerprint density at radius 3 is 2.62 bits per heavy atom. The number of carbonyl (C=O) groups excluding carboxylic acids is 1. The minimum Gasteiger partial charge on any atom is -0.293 e. The van der Waals surface area contributed by atoms with Crippen molar-refractivity contribution < 1.29 is 4.79 Å². The molecule has 106 valence electrons. The van der Waals surface area contributed by atoms with Crippen LogP contribution in [0, 0.1) is 5.92 Å². The van der Waals surface area contributed by atoms with Gasteiger partial charge in [-0.3, -0.25) is 4.79 Å². The highest BCUT2D eigenvalue weighted by Crippen LogP contribution is 2.32. The number of Topliss-reactive ketones (excluding diaryl/α,β-unsaturated/α-hetero) is 1. The third-order valence-corrected chi connectivity index (χ3v) is 3.98. The summed E-state index contributed by atoms with van der Waals surface area (Å²) >= 11 is 12.1. The summed E-state index contributed by atoms with van der Waals surface area (Å²) in [5.74, 6) is -0.436. The number of rotatable bonds is 3. The van der Waals surface area contributed by atoms with E-state index < -0.39 is 5.92 Å². The zero-order valence-electron chi connectivity index (χ0n) is 10.9. The molecule has 6 heteroatoms. The Balaban J connectivity index is 1.83. The fraction of sp³-hybridized carbons (Fsp3) is 0.133. The van der Waals surface area contributed by atoms with Gasteiger partial charge in [0.2, 0.25) is 0 Å². The van der Waals surface area contributed by atoms with Gasteiger partial charge in [-0.2, -0.15) is 5.10 Å². The molecule has 1 atom stereocenters. The number of hydrogen-bond donors (Lipinski definition) is 0. The van der Waals surface area contributed by atoms with E-state index in [9.17, 15) is 4.79 Å². The molecule has 1 aromatic heterocycles. The number of hydrogen-bond acceptors (Lipinski definition) is 3. The molecule has 2 aromatic rings. The van der Waals surface area contributed by atoms with Gasteiger partial charge in [0.15, 0.2) is 5.78 Å². The predicted molar refractivity (Wildman–Crippen MR) is 81.7 cm³/mol. The summed E-state index contributed by atoms with van der Waals surface area (Å²) < 4.78 is 1.63. The molecule has 21 heavy (non-hydrogen) atoms. The zero-order chi connectivity index (χ0) is 14.8. The van der Waals surface area contributed by atoms with E-state index in [4.69, 9.17) is 23.2 Å². The normalized spacial score (nSPS) is 18.1. The molecule has 1 unspecified atom stereocenters. The molecule has 0 saturated heterocycles. The summed E-state index contributed by atoms with van der Waals surface area (Å²) in [6.07, 6.45) is 6.91. The van der Waals surface area contributed by atoms with Crippen LogP contribution < -0.4 is 0 Å². The number of halogens is 2. The molecular formula is C15H11Cl2N3O. The Morgan fingerprint density at radius 1 is 1.19 bits per heavy atom. The van der Waals surface area contributed by atoms with E-state index in [-0.39, 0.29) is 5.78 Å². The second-order valence-corrected chi connectivity index (χ2v) is 5.59. The van der Waals surface area contributed by atoms with Crippen LogP contribution in [0.3, 0.4) is 0 Å². The highest BCUT2D eigenvalue weighted by atomic mass is 35.5. The summed E-state index contributed by atoms with van der Waals surface area (Å²) in [6, 6.07) is 7.16. The Labute approximate surface area is 131 Å². The third kappa shape index (κ3) is 2.91. The van der Waals surface area contributed by atoms with Crippen LogP contribution in [0.15, 0.2) is 59.1 Å². The quantitative estimate of drug-likeness (QED) is 0.810. The predicted octanol–water partition coefficient (Wildman–Crippen LogP) is 3.72. The van der Waals surface area contributed by atoms with Gasteiger partial charge in [-0.25, -0.2) is 9.67 Å². The summed E-state index contributed by atoms with van der Waals surface area (Å²) in [5, 5.41) is 5.19. The fourth-order valence-electron chi connectivity index (χ4n) is 2.19. The first-order valence-corrected chi connectivity index (χ1v) is 7.12. The van der Waals surface area contributed by atoms with Crippen molar-refractivity contribution in [3.63, 3.8) is 0 Å². The molecule has 3 rings (SSSR count). The second-order valence-electron chi connectivity index (χ2n) is 4.67. The van der Waals surface area contributed by atoms with Gasteiger partial charge in [0, 0.05) is 15.6 Å². The van der Waals surface area contributed by atoms with Gasteiger partial charge in [0.05, 0.1) is 11.6 Å². The molecule has 1 heterocycles. The van der Waals surface area contributed by atoms with Crippen molar-refractivity contribution in [2.24, 2.45) is 5.92 Å². The van der Waals surface area contributed by atoms with Crippen molar-refractivity contribution >= 4 is 29.0 Å². The Bertz CT molecular complexity index is 718. The second kappa shape index (κ2) is 5.84. The number of aromatic nitrogens is 3. The van der Waals surface area contributed by atoms with Gasteiger partial charge in [-0.15, -0.1) is 0 Å². The van der Waals surface area contributed by atoms with Crippen LogP contribution >= 0.6 is 23.2 Å². The first kappa shape index (κ1) is 14.0. The molecule has 1 aliphatic carbocycles. The smallest absolute Gasteiger partial charge is 0.171 e. The highest BCUT2D eigenvalue weighted by Gasteiger charge is 2.25. The average molecular weight is 320 g/mol. The van der Waals surface area contributed by atoms with Crippen LogP contribution in [-0.2, 0) is 0 Å². The van der Waals surface area contributed by atoms with Crippen LogP contribution in [-0.4, -0.2) is 20.5 Å². The standard InChI is InChI=1S/C15H11Cl2N3O/c16-11-3-6-14(17)13(7-11)15(21)10-1-4-12(5-2-10)20-9-18-8-19-20/h1-6,8-9,13H,7H2. The maximum Gasteiger partial charge on any atom is 0.171 e. The lowest BCUT2D eigenvalue weighted by molar-refractivity contribution is 0.0943. The monoisotopic (exact) mass is 319 g/mol. The molecule has 0 bridgehead atoms. The molecule has 0 fully saturated rings. The first-order valence-electron chi connectivity index (χ1n) is 6.36. The van der Waals surface area contributed by atoms with E-state index in [2.05, 4.69) is 10.1 Å². The minimum absolute atomic E-state index is 0.0346. The Kier molecular flexibility index (Phi) is 3.90. The molecule has 0 spiro atoms. The molecule has 4 nitrogen and oxygen atoms in total. The molecule has 0 amide bonds. The fourth-order valence-corrected chi connectivity index (χ4v) is 2.64. The average Bonchev–Trinajstić information content (AvgIpc) is 3.03. The molecule has 1 aromatic carbocycles. The SMILES string of the molecule is O=C(c1ccc(-n2cncn2)cc1)C1CC(Cl)=CC=C1Cl. The molecule has 0 N–H and O–H groups in total. The Morgan fingerprint density at radius 2 is 1.95 bits per heavy atom. The summed E-state index contributed by atoms with van der Waals surface area (Å²) in [7, 11) is 0. The van der Waals surface area contributed by atoms with Crippen molar-refractivity contribution in [1.82, 2.24) is 14.8 Å². The van der Waals surface area contributed by atoms with Crippen LogP contribution in [0.5, 0.6) is 0 Å². The molecule has 1 aliphatic rings. The maximum atomic E-state index is 12.5. The largest absolute Gasteiger partial charge is 0.293 e. The molecular weight excluding hydrogens is 309 g/mol. The minimum atomic E-state index is -0.401. The van der Waals surface area contributed by atoms with Gasteiger partial charge < -0.3 is 0 Å². The van der Waals surface area contributed by atoms with Crippen molar-refractivity contribution in [3.05, 3.63) is 64.7 Å². The van der Waals surface area contributed by atoms with Crippen molar-refractivity contribution in [2.45, 2.75) is 6.42 Å². The van der Waals surface area contributed by atoms with Gasteiger partial charge >= 0.3 is 0 Å². The topological polar surface area (TPSA) is 47.8 Å². The lowest BCUT2D eigenvalue weighted by atomic mass is 9.91. The lowest BCUT2D eigenvalue weighted by Gasteiger charge is -2.17. The highest BCUT2D eigenvalue weighted by molar-refractivity contribution is 6.34. The third-order valence-electron chi connectivity index (χ3n) is 3.31. The summed E-state index contributed by atoms with van der Waals surface area (Å²) in [4.78, 5) is 16.4. The van der Waals surface area contributed by atoms with Gasteiger partial charge in [0.1, 0.15) is 12.7 Å². The summed E-state index contributed by atoms with van der Waals surface area (Å²) in [6.45, 7) is 0. The van der Waals surface area contributed by atoms with Gasteiger partial charge in [-0.1, -0.05) is 23.2 Å². The van der Waals surface area contributed by atoms with E-state index in [0.29, 0.717) is 22.0 Å². The zero-order valence-corrected chi connectivity index (χ0v) is 12.4. The van der Waals surface area contributed by atoms with Crippen LogP contribution in [0.2, 0.25) is 0 Å². The van der Waals surface area contributed by atoms with Crippen LogP contribution in [0.25, 0.3) is 5.69 Å².